The molecule has 2 atom stereocenters. The zero-order valence-corrected chi connectivity index (χ0v) is 17.3. The number of ether oxygens (including phenoxy) is 2. The molecular formula is C23H28N2O4. The molecule has 2 aliphatic heterocycles. The van der Waals surface area contributed by atoms with Crippen molar-refractivity contribution in [3.8, 4) is 0 Å². The molecule has 4 rings (SSSR count). The van der Waals surface area contributed by atoms with E-state index in [4.69, 9.17) is 9.47 Å². The maximum absolute atomic E-state index is 13.2. The van der Waals surface area contributed by atoms with Crippen LogP contribution in [0.4, 0.5) is 0 Å². The van der Waals surface area contributed by atoms with Gasteiger partial charge in [0.25, 0.3) is 0 Å². The Hall–Kier alpha value is -2.47. The number of dihydropyridines is 1. The van der Waals surface area contributed by atoms with Gasteiger partial charge in [-0.15, -0.1) is 0 Å². The summed E-state index contributed by atoms with van der Waals surface area (Å²) in [5.41, 5.74) is 3.62. The van der Waals surface area contributed by atoms with Gasteiger partial charge in [-0.25, -0.2) is 4.79 Å². The molecule has 0 saturated carbocycles. The Morgan fingerprint density at radius 3 is 2.76 bits per heavy atom. The standard InChI is InChI=1S/C23H28N2O4/c1-14-19(22(27)29-13-16-5-4-10-28-16)20(15-6-8-24-9-7-15)21-17(25-14)11-23(2,3)12-18(21)26/h6-9,16,20,25H,4-5,10-13H2,1-3H3/t16-,20-/m0/s1. The lowest BCUT2D eigenvalue weighted by molar-refractivity contribution is -0.142. The van der Waals surface area contributed by atoms with Gasteiger partial charge in [0.15, 0.2) is 5.78 Å². The summed E-state index contributed by atoms with van der Waals surface area (Å²) in [6.07, 6.45) is 6.48. The molecule has 3 aliphatic rings. The minimum atomic E-state index is -0.435. The molecule has 0 aromatic carbocycles. The van der Waals surface area contributed by atoms with Crippen molar-refractivity contribution >= 4 is 11.8 Å². The number of pyridine rings is 1. The van der Waals surface area contributed by atoms with E-state index in [9.17, 15) is 9.59 Å². The molecule has 29 heavy (non-hydrogen) atoms. The van der Waals surface area contributed by atoms with Crippen LogP contribution in [0.15, 0.2) is 47.1 Å². The summed E-state index contributed by atoms with van der Waals surface area (Å²) in [7, 11) is 0. The highest BCUT2D eigenvalue weighted by Gasteiger charge is 2.43. The number of carbonyl (C=O) groups is 2. The molecule has 1 aromatic heterocycles. The van der Waals surface area contributed by atoms with Crippen molar-refractivity contribution in [2.45, 2.75) is 58.5 Å². The zero-order valence-electron chi connectivity index (χ0n) is 17.3. The number of hydrogen-bond donors (Lipinski definition) is 1. The fourth-order valence-electron chi connectivity index (χ4n) is 4.62. The third-order valence-corrected chi connectivity index (χ3v) is 5.92. The average Bonchev–Trinajstić information content (AvgIpc) is 3.18. The SMILES string of the molecule is CC1=C(C(=O)OC[C@@H]2CCCO2)[C@H](c2ccncc2)C2=C(CC(C)(C)CC2=O)N1. The van der Waals surface area contributed by atoms with Crippen LogP contribution in [-0.4, -0.2) is 36.1 Å². The van der Waals surface area contributed by atoms with E-state index in [1.54, 1.807) is 12.4 Å². The summed E-state index contributed by atoms with van der Waals surface area (Å²) in [5, 5.41) is 3.35. The Kier molecular flexibility index (Phi) is 5.30. The number of Topliss-reactive ketones (excluding diaryl/α,β-unsaturated/α-hetero) is 1. The highest BCUT2D eigenvalue weighted by Crippen LogP contribution is 2.46. The van der Waals surface area contributed by atoms with E-state index in [0.29, 0.717) is 24.2 Å². The van der Waals surface area contributed by atoms with E-state index in [2.05, 4.69) is 24.1 Å². The van der Waals surface area contributed by atoms with Crippen molar-refractivity contribution in [3.63, 3.8) is 0 Å². The maximum atomic E-state index is 13.2. The predicted octanol–water partition coefficient (Wildman–Crippen LogP) is 3.41. The summed E-state index contributed by atoms with van der Waals surface area (Å²) < 4.78 is 11.2. The van der Waals surface area contributed by atoms with Crippen molar-refractivity contribution in [2.24, 2.45) is 5.41 Å². The van der Waals surface area contributed by atoms with Gasteiger partial charge in [0.05, 0.1) is 11.7 Å². The Balaban J connectivity index is 1.70. The number of allylic oxidation sites excluding steroid dienone is 3. The van der Waals surface area contributed by atoms with E-state index >= 15 is 0 Å². The molecule has 1 aliphatic carbocycles. The number of rotatable bonds is 4. The molecule has 154 valence electrons. The van der Waals surface area contributed by atoms with Crippen LogP contribution in [0, 0.1) is 5.41 Å². The average molecular weight is 396 g/mol. The highest BCUT2D eigenvalue weighted by atomic mass is 16.6. The Bertz CT molecular complexity index is 879. The summed E-state index contributed by atoms with van der Waals surface area (Å²) in [4.78, 5) is 30.4. The van der Waals surface area contributed by atoms with Gasteiger partial charge >= 0.3 is 5.97 Å². The first-order valence-corrected chi connectivity index (χ1v) is 10.3. The first-order chi connectivity index (χ1) is 13.9. The molecule has 0 radical (unpaired) electrons. The normalized spacial score (nSPS) is 26.2. The van der Waals surface area contributed by atoms with Gasteiger partial charge in [-0.3, -0.25) is 9.78 Å². The molecular weight excluding hydrogens is 368 g/mol. The third kappa shape index (κ3) is 3.99. The quantitative estimate of drug-likeness (QED) is 0.786. The van der Waals surface area contributed by atoms with Crippen LogP contribution in [0.1, 0.15) is 57.9 Å². The maximum Gasteiger partial charge on any atom is 0.336 e. The lowest BCUT2D eigenvalue weighted by atomic mass is 9.68. The van der Waals surface area contributed by atoms with Gasteiger partial charge in [0.2, 0.25) is 0 Å². The fourth-order valence-corrected chi connectivity index (χ4v) is 4.62. The fraction of sp³-hybridized carbons (Fsp3) is 0.522. The third-order valence-electron chi connectivity index (χ3n) is 5.92. The summed E-state index contributed by atoms with van der Waals surface area (Å²) >= 11 is 0. The van der Waals surface area contributed by atoms with Crippen LogP contribution in [0.3, 0.4) is 0 Å². The van der Waals surface area contributed by atoms with Crippen LogP contribution in [0.2, 0.25) is 0 Å². The van der Waals surface area contributed by atoms with E-state index in [-0.39, 0.29) is 23.9 Å². The molecule has 6 heteroatoms. The number of nitrogens with zero attached hydrogens (tertiary/aromatic N) is 1. The molecule has 0 spiro atoms. The largest absolute Gasteiger partial charge is 0.459 e. The molecule has 1 fully saturated rings. The second-order valence-corrected chi connectivity index (χ2v) is 8.94. The van der Waals surface area contributed by atoms with Crippen LogP contribution < -0.4 is 5.32 Å². The Labute approximate surface area is 171 Å². The van der Waals surface area contributed by atoms with Gasteiger partial charge in [-0.2, -0.15) is 0 Å². The second kappa shape index (κ2) is 7.75. The molecule has 1 aromatic rings. The number of ketones is 1. The van der Waals surface area contributed by atoms with Gasteiger partial charge in [-0.05, 0) is 49.3 Å². The summed E-state index contributed by atoms with van der Waals surface area (Å²) in [6, 6.07) is 3.74. The van der Waals surface area contributed by atoms with Crippen molar-refractivity contribution < 1.29 is 19.1 Å². The van der Waals surface area contributed by atoms with Crippen LogP contribution >= 0.6 is 0 Å². The second-order valence-electron chi connectivity index (χ2n) is 8.94. The number of carbonyl (C=O) groups excluding carboxylic acids is 2. The predicted molar refractivity (Wildman–Crippen MR) is 108 cm³/mol. The smallest absolute Gasteiger partial charge is 0.336 e. The highest BCUT2D eigenvalue weighted by molar-refractivity contribution is 6.04. The molecule has 0 unspecified atom stereocenters. The first kappa shape index (κ1) is 19.8. The molecule has 6 nitrogen and oxygen atoms in total. The minimum Gasteiger partial charge on any atom is -0.459 e. The minimum absolute atomic E-state index is 0.0392. The molecule has 1 saturated heterocycles. The van der Waals surface area contributed by atoms with E-state index in [1.807, 2.05) is 19.1 Å². The van der Waals surface area contributed by atoms with Gasteiger partial charge in [-0.1, -0.05) is 13.8 Å². The van der Waals surface area contributed by atoms with Gasteiger partial charge in [0, 0.05) is 48.3 Å². The lowest BCUT2D eigenvalue weighted by Gasteiger charge is -2.39. The van der Waals surface area contributed by atoms with Crippen molar-refractivity contribution in [2.75, 3.05) is 13.2 Å². The van der Waals surface area contributed by atoms with E-state index in [1.165, 1.54) is 0 Å². The summed E-state index contributed by atoms with van der Waals surface area (Å²) in [5.74, 6) is -0.742. The van der Waals surface area contributed by atoms with Crippen molar-refractivity contribution in [1.82, 2.24) is 10.3 Å². The zero-order chi connectivity index (χ0) is 20.6. The molecule has 3 heterocycles. The van der Waals surface area contributed by atoms with E-state index < -0.39 is 11.9 Å². The lowest BCUT2D eigenvalue weighted by Crippen LogP contribution is -2.39. The first-order valence-electron chi connectivity index (χ1n) is 10.3. The van der Waals surface area contributed by atoms with Gasteiger partial charge in [0.1, 0.15) is 6.61 Å². The van der Waals surface area contributed by atoms with Crippen LogP contribution in [0.25, 0.3) is 0 Å². The van der Waals surface area contributed by atoms with Crippen LogP contribution in [-0.2, 0) is 19.1 Å². The van der Waals surface area contributed by atoms with Crippen molar-refractivity contribution in [1.29, 1.82) is 0 Å². The molecule has 0 amide bonds. The van der Waals surface area contributed by atoms with Gasteiger partial charge < -0.3 is 14.8 Å². The topological polar surface area (TPSA) is 77.5 Å². The Morgan fingerprint density at radius 2 is 2.07 bits per heavy atom. The number of nitrogens with one attached hydrogen (secondary N) is 1. The molecule has 1 N–H and O–H groups in total. The number of hydrogen-bond acceptors (Lipinski definition) is 6. The molecule has 0 bridgehead atoms. The van der Waals surface area contributed by atoms with Crippen molar-refractivity contribution in [3.05, 3.63) is 52.6 Å². The monoisotopic (exact) mass is 396 g/mol. The van der Waals surface area contributed by atoms with Crippen LogP contribution in [0.5, 0.6) is 0 Å². The van der Waals surface area contributed by atoms with E-state index in [0.717, 1.165) is 36.2 Å². The number of esters is 1. The Morgan fingerprint density at radius 1 is 1.31 bits per heavy atom. The summed E-state index contributed by atoms with van der Waals surface area (Å²) in [6.45, 7) is 7.04. The number of aromatic nitrogens is 1.